The fourth-order valence-electron chi connectivity index (χ4n) is 1.76. The molecule has 0 amide bonds. The lowest BCUT2D eigenvalue weighted by atomic mass is 9.98. The smallest absolute Gasteiger partial charge is 0.0945 e. The molecule has 0 saturated carbocycles. The van der Waals surface area contributed by atoms with Gasteiger partial charge in [-0.25, -0.2) is 4.98 Å². The highest BCUT2D eigenvalue weighted by Gasteiger charge is 2.12. The molecule has 1 fully saturated rings. The van der Waals surface area contributed by atoms with Gasteiger partial charge in [0, 0.05) is 18.9 Å². The lowest BCUT2D eigenvalue weighted by Crippen LogP contribution is -2.29. The summed E-state index contributed by atoms with van der Waals surface area (Å²) in [4.78, 5) is 4.04. The highest BCUT2D eigenvalue weighted by atomic mass is 35.5. The Balaban J connectivity index is 0. The van der Waals surface area contributed by atoms with E-state index in [1.807, 2.05) is 18.7 Å². The first-order valence-electron chi connectivity index (χ1n) is 4.61. The monoisotopic (exact) mass is 255 g/mol. The minimum Gasteiger partial charge on any atom is -0.412 e. The van der Waals surface area contributed by atoms with Crippen LogP contribution in [0.4, 0.5) is 0 Å². The molecular weight excluding hydrogens is 237 g/mol. The Morgan fingerprint density at radius 2 is 1.93 bits per heavy atom. The molecule has 0 aliphatic carbocycles. The summed E-state index contributed by atoms with van der Waals surface area (Å²) in [6, 6.07) is 0. The van der Waals surface area contributed by atoms with Crippen LogP contribution in [0.15, 0.2) is 18.7 Å². The molecule has 90 valence electrons. The molecule has 0 aromatic carbocycles. The molecule has 1 saturated heterocycles. The summed E-state index contributed by atoms with van der Waals surface area (Å²) < 4.78 is 2.18. The molecule has 0 unspecified atom stereocenters. The largest absolute Gasteiger partial charge is 0.412 e. The van der Waals surface area contributed by atoms with Gasteiger partial charge in [0.25, 0.3) is 0 Å². The third-order valence-corrected chi connectivity index (χ3v) is 2.49. The van der Waals surface area contributed by atoms with Crippen LogP contribution in [0.5, 0.6) is 0 Å². The summed E-state index contributed by atoms with van der Waals surface area (Å²) in [7, 11) is 0. The Morgan fingerprint density at radius 1 is 1.27 bits per heavy atom. The van der Waals surface area contributed by atoms with E-state index in [2.05, 4.69) is 14.9 Å². The van der Waals surface area contributed by atoms with Gasteiger partial charge in [-0.1, -0.05) is 0 Å². The molecule has 15 heavy (non-hydrogen) atoms. The van der Waals surface area contributed by atoms with E-state index in [4.69, 9.17) is 0 Å². The number of hydrogen-bond donors (Lipinski definition) is 1. The zero-order valence-electron chi connectivity index (χ0n) is 8.56. The molecule has 4 nitrogen and oxygen atoms in total. The molecule has 0 spiro atoms. The van der Waals surface area contributed by atoms with E-state index in [0.717, 1.165) is 12.5 Å². The number of halogens is 2. The normalized spacial score (nSPS) is 15.7. The maximum Gasteiger partial charge on any atom is 0.0945 e. The molecule has 0 radical (unpaired) electrons. The minimum atomic E-state index is 0. The van der Waals surface area contributed by atoms with Gasteiger partial charge in [-0.05, 0) is 31.8 Å². The van der Waals surface area contributed by atoms with Gasteiger partial charge in [0.15, 0.2) is 0 Å². The number of imidazole rings is 1. The van der Waals surface area contributed by atoms with Crippen LogP contribution < -0.4 is 5.32 Å². The first-order valence-corrected chi connectivity index (χ1v) is 4.61. The molecule has 2 rings (SSSR count). The van der Waals surface area contributed by atoms with E-state index in [9.17, 15) is 0 Å². The van der Waals surface area contributed by atoms with Crippen molar-refractivity contribution < 1.29 is 5.48 Å². The third-order valence-electron chi connectivity index (χ3n) is 2.49. The van der Waals surface area contributed by atoms with Crippen molar-refractivity contribution in [3.05, 3.63) is 18.7 Å². The van der Waals surface area contributed by atoms with Crippen molar-refractivity contribution in [1.29, 1.82) is 0 Å². The van der Waals surface area contributed by atoms with Crippen molar-refractivity contribution in [2.75, 3.05) is 13.1 Å². The fraction of sp³-hybridized carbons (Fsp3) is 0.667. The van der Waals surface area contributed by atoms with E-state index < -0.39 is 0 Å². The number of hydrogen-bond acceptors (Lipinski definition) is 2. The zero-order valence-corrected chi connectivity index (χ0v) is 10.2. The van der Waals surface area contributed by atoms with Crippen molar-refractivity contribution in [1.82, 2.24) is 14.9 Å². The second-order valence-corrected chi connectivity index (χ2v) is 3.45. The van der Waals surface area contributed by atoms with E-state index in [0.29, 0.717) is 0 Å². The van der Waals surface area contributed by atoms with Crippen molar-refractivity contribution in [3.8, 4) is 0 Å². The Morgan fingerprint density at radius 3 is 2.47 bits per heavy atom. The number of piperidine rings is 1. The summed E-state index contributed by atoms with van der Waals surface area (Å²) in [5, 5.41) is 3.37. The summed E-state index contributed by atoms with van der Waals surface area (Å²) in [5.41, 5.74) is 0. The number of aromatic nitrogens is 2. The van der Waals surface area contributed by atoms with Crippen LogP contribution in [-0.2, 0) is 6.54 Å². The minimum absolute atomic E-state index is 0. The first kappa shape index (κ1) is 17.1. The van der Waals surface area contributed by atoms with Gasteiger partial charge in [-0.15, -0.1) is 24.8 Å². The molecular formula is C9H19Cl2N3O. The molecule has 1 aromatic rings. The molecule has 1 aliphatic rings. The highest BCUT2D eigenvalue weighted by Crippen LogP contribution is 2.13. The van der Waals surface area contributed by atoms with Gasteiger partial charge in [-0.2, -0.15) is 0 Å². The van der Waals surface area contributed by atoms with Crippen molar-refractivity contribution in [2.45, 2.75) is 19.4 Å². The van der Waals surface area contributed by atoms with Gasteiger partial charge in [0.05, 0.1) is 6.33 Å². The second kappa shape index (κ2) is 8.97. The summed E-state index contributed by atoms with van der Waals surface area (Å²) in [6.07, 6.45) is 8.40. The molecule has 3 N–H and O–H groups in total. The molecule has 0 bridgehead atoms. The van der Waals surface area contributed by atoms with Gasteiger partial charge in [0.1, 0.15) is 0 Å². The quantitative estimate of drug-likeness (QED) is 0.854. The lowest BCUT2D eigenvalue weighted by molar-refractivity contribution is 0.333. The average molecular weight is 256 g/mol. The Labute approximate surface area is 103 Å². The van der Waals surface area contributed by atoms with Crippen LogP contribution in [0.25, 0.3) is 0 Å². The summed E-state index contributed by atoms with van der Waals surface area (Å²) in [5.74, 6) is 0.848. The van der Waals surface area contributed by atoms with E-state index >= 15 is 0 Å². The second-order valence-electron chi connectivity index (χ2n) is 3.45. The number of rotatable bonds is 2. The van der Waals surface area contributed by atoms with Crippen molar-refractivity contribution in [2.24, 2.45) is 5.92 Å². The molecule has 0 atom stereocenters. The fourth-order valence-corrected chi connectivity index (χ4v) is 1.76. The summed E-state index contributed by atoms with van der Waals surface area (Å²) in [6.45, 7) is 3.50. The van der Waals surface area contributed by atoms with E-state index in [1.54, 1.807) is 0 Å². The van der Waals surface area contributed by atoms with E-state index in [1.165, 1.54) is 25.9 Å². The predicted octanol–water partition coefficient (Wildman–Crippen LogP) is 0.902. The van der Waals surface area contributed by atoms with Gasteiger partial charge in [0.2, 0.25) is 0 Å². The first-order chi connectivity index (χ1) is 5.95. The number of nitrogens with zero attached hydrogens (tertiary/aromatic N) is 2. The molecule has 2 heterocycles. The molecule has 1 aromatic heterocycles. The van der Waals surface area contributed by atoms with Crippen LogP contribution in [-0.4, -0.2) is 28.1 Å². The number of nitrogens with one attached hydrogen (secondary N) is 1. The zero-order chi connectivity index (χ0) is 8.23. The summed E-state index contributed by atoms with van der Waals surface area (Å²) >= 11 is 0. The standard InChI is InChI=1S/C9H15N3.2ClH.H2O/c1-3-10-4-2-9(1)7-12-6-5-11-8-12;;;/h5-6,8-10H,1-4,7H2;2*1H;1H2. The predicted molar refractivity (Wildman–Crippen MR) is 65.9 cm³/mol. The van der Waals surface area contributed by atoms with Crippen LogP contribution in [0.3, 0.4) is 0 Å². The van der Waals surface area contributed by atoms with Gasteiger partial charge >= 0.3 is 0 Å². The Hall–Kier alpha value is -0.290. The lowest BCUT2D eigenvalue weighted by Gasteiger charge is -2.22. The molecule has 1 aliphatic heterocycles. The Bertz CT molecular complexity index is 225. The van der Waals surface area contributed by atoms with Gasteiger partial charge in [-0.3, -0.25) is 0 Å². The highest BCUT2D eigenvalue weighted by molar-refractivity contribution is 5.85. The van der Waals surface area contributed by atoms with Gasteiger partial charge < -0.3 is 15.4 Å². The average Bonchev–Trinajstić information content (AvgIpc) is 2.59. The maximum atomic E-state index is 4.04. The SMILES string of the molecule is Cl.Cl.O.c1cn(CC2CCNCC2)cn1. The third kappa shape index (κ3) is 5.37. The Kier molecular flexibility index (Phi) is 10.2. The van der Waals surface area contributed by atoms with Crippen LogP contribution in [0.2, 0.25) is 0 Å². The van der Waals surface area contributed by atoms with E-state index in [-0.39, 0.29) is 30.3 Å². The van der Waals surface area contributed by atoms with Crippen LogP contribution in [0, 0.1) is 5.92 Å². The van der Waals surface area contributed by atoms with Crippen LogP contribution in [0.1, 0.15) is 12.8 Å². The van der Waals surface area contributed by atoms with Crippen molar-refractivity contribution >= 4 is 24.8 Å². The maximum absolute atomic E-state index is 4.04. The van der Waals surface area contributed by atoms with Crippen LogP contribution >= 0.6 is 24.8 Å². The topological polar surface area (TPSA) is 61.4 Å². The van der Waals surface area contributed by atoms with Crippen molar-refractivity contribution in [3.63, 3.8) is 0 Å². The molecule has 6 heteroatoms.